The number of carboxylic acids is 1. The molecule has 0 unspecified atom stereocenters. The minimum Gasteiger partial charge on any atom is -0.481 e. The van der Waals surface area contributed by atoms with Gasteiger partial charge in [0.05, 0.1) is 14.5 Å². The summed E-state index contributed by atoms with van der Waals surface area (Å²) >= 11 is 6.51. The molecular formula is C14H15Br2NO4. The molecule has 7 heteroatoms. The molecule has 0 bridgehead atoms. The highest BCUT2D eigenvalue weighted by Gasteiger charge is 2.18. The molecule has 0 saturated heterocycles. The first-order chi connectivity index (χ1) is 9.97. The van der Waals surface area contributed by atoms with Crippen LogP contribution in [0.3, 0.4) is 0 Å². The van der Waals surface area contributed by atoms with Crippen molar-refractivity contribution in [1.82, 2.24) is 5.32 Å². The number of hydrogen-bond donors (Lipinski definition) is 2. The monoisotopic (exact) mass is 419 g/mol. The summed E-state index contributed by atoms with van der Waals surface area (Å²) in [5, 5.41) is 11.9. The van der Waals surface area contributed by atoms with Gasteiger partial charge < -0.3 is 15.2 Å². The Morgan fingerprint density at radius 1 is 1.24 bits per heavy atom. The van der Waals surface area contributed by atoms with Crippen molar-refractivity contribution in [3.05, 3.63) is 26.6 Å². The minimum atomic E-state index is -1.03. The Kier molecular flexibility index (Phi) is 5.64. The molecule has 0 heterocycles. The zero-order valence-electron chi connectivity index (χ0n) is 11.2. The number of benzene rings is 1. The van der Waals surface area contributed by atoms with Crippen molar-refractivity contribution in [2.75, 3.05) is 6.61 Å². The fraction of sp³-hybridized carbons (Fsp3) is 0.429. The third kappa shape index (κ3) is 4.44. The average molecular weight is 421 g/mol. The number of rotatable bonds is 5. The van der Waals surface area contributed by atoms with E-state index in [-0.39, 0.29) is 24.1 Å². The maximum absolute atomic E-state index is 11.8. The Morgan fingerprint density at radius 3 is 2.33 bits per heavy atom. The summed E-state index contributed by atoms with van der Waals surface area (Å²) in [5.41, 5.74) is 0.136. The molecule has 0 aromatic heterocycles. The first kappa shape index (κ1) is 16.3. The normalized spacial score (nSPS) is 15.0. The molecule has 0 spiro atoms. The molecular weight excluding hydrogens is 406 g/mol. The van der Waals surface area contributed by atoms with Gasteiger partial charge in [-0.2, -0.15) is 0 Å². The SMILES string of the molecule is O=C(COc1c(Br)cc(C(=O)O)cc1Br)NC1CCCC1. The van der Waals surface area contributed by atoms with Gasteiger partial charge >= 0.3 is 5.97 Å². The summed E-state index contributed by atoms with van der Waals surface area (Å²) in [6, 6.07) is 3.14. The summed E-state index contributed by atoms with van der Waals surface area (Å²) in [4.78, 5) is 22.7. The van der Waals surface area contributed by atoms with E-state index >= 15 is 0 Å². The van der Waals surface area contributed by atoms with Gasteiger partial charge in [0, 0.05) is 6.04 Å². The second-order valence-corrected chi connectivity index (χ2v) is 6.62. The van der Waals surface area contributed by atoms with E-state index in [0.717, 1.165) is 25.7 Å². The van der Waals surface area contributed by atoms with Crippen LogP contribution in [-0.2, 0) is 4.79 Å². The lowest BCUT2D eigenvalue weighted by Gasteiger charge is -2.14. The number of carboxylic acid groups (broad SMARTS) is 1. The Balaban J connectivity index is 1.96. The number of nitrogens with one attached hydrogen (secondary N) is 1. The standard InChI is InChI=1S/C14H15Br2NO4/c15-10-5-8(14(19)20)6-11(16)13(10)21-7-12(18)17-9-3-1-2-4-9/h5-6,9H,1-4,7H2,(H,17,18)(H,19,20). The highest BCUT2D eigenvalue weighted by molar-refractivity contribution is 9.11. The lowest BCUT2D eigenvalue weighted by Crippen LogP contribution is -2.36. The number of amides is 1. The zero-order chi connectivity index (χ0) is 15.4. The van der Waals surface area contributed by atoms with Gasteiger partial charge in [0.15, 0.2) is 6.61 Å². The van der Waals surface area contributed by atoms with Gasteiger partial charge in [0.2, 0.25) is 0 Å². The molecule has 1 aliphatic carbocycles. The van der Waals surface area contributed by atoms with E-state index in [0.29, 0.717) is 14.7 Å². The van der Waals surface area contributed by atoms with Gasteiger partial charge in [-0.05, 0) is 56.8 Å². The van der Waals surface area contributed by atoms with E-state index in [1.54, 1.807) is 0 Å². The average Bonchev–Trinajstić information content (AvgIpc) is 2.90. The lowest BCUT2D eigenvalue weighted by molar-refractivity contribution is -0.123. The fourth-order valence-electron chi connectivity index (χ4n) is 2.30. The second kappa shape index (κ2) is 7.26. The van der Waals surface area contributed by atoms with Crippen LogP contribution in [0.25, 0.3) is 0 Å². The smallest absolute Gasteiger partial charge is 0.335 e. The molecule has 1 aromatic rings. The van der Waals surface area contributed by atoms with Crippen molar-refractivity contribution >= 4 is 43.7 Å². The van der Waals surface area contributed by atoms with Crippen LogP contribution in [0, 0.1) is 0 Å². The van der Waals surface area contributed by atoms with Crippen molar-refractivity contribution in [3.63, 3.8) is 0 Å². The number of carbonyl (C=O) groups is 2. The molecule has 2 N–H and O–H groups in total. The van der Waals surface area contributed by atoms with Crippen molar-refractivity contribution in [1.29, 1.82) is 0 Å². The molecule has 1 aromatic carbocycles. The van der Waals surface area contributed by atoms with Crippen molar-refractivity contribution in [2.24, 2.45) is 0 Å². The summed E-state index contributed by atoms with van der Waals surface area (Å²) in [7, 11) is 0. The highest BCUT2D eigenvalue weighted by atomic mass is 79.9. The molecule has 1 fully saturated rings. The molecule has 1 saturated carbocycles. The number of carbonyl (C=O) groups excluding carboxylic acids is 1. The van der Waals surface area contributed by atoms with Gasteiger partial charge in [-0.3, -0.25) is 4.79 Å². The minimum absolute atomic E-state index is 0.0971. The van der Waals surface area contributed by atoms with Crippen LogP contribution in [0.1, 0.15) is 36.0 Å². The first-order valence-electron chi connectivity index (χ1n) is 6.62. The number of ether oxygens (including phenoxy) is 1. The van der Waals surface area contributed by atoms with E-state index < -0.39 is 5.97 Å². The lowest BCUT2D eigenvalue weighted by atomic mass is 10.2. The Hall–Kier alpha value is -1.08. The molecule has 21 heavy (non-hydrogen) atoms. The third-order valence-corrected chi connectivity index (χ3v) is 4.49. The van der Waals surface area contributed by atoms with Gasteiger partial charge in [0.1, 0.15) is 5.75 Å². The summed E-state index contributed by atoms with van der Waals surface area (Å²) in [6.07, 6.45) is 4.35. The molecule has 2 rings (SSSR count). The summed E-state index contributed by atoms with van der Waals surface area (Å²) in [5.74, 6) is -0.772. The molecule has 114 valence electrons. The maximum Gasteiger partial charge on any atom is 0.335 e. The van der Waals surface area contributed by atoms with E-state index in [2.05, 4.69) is 37.2 Å². The van der Waals surface area contributed by atoms with Crippen LogP contribution in [-0.4, -0.2) is 29.6 Å². The third-order valence-electron chi connectivity index (χ3n) is 3.31. The van der Waals surface area contributed by atoms with Crippen LogP contribution in [0.15, 0.2) is 21.1 Å². The Bertz CT molecular complexity index is 533. The van der Waals surface area contributed by atoms with E-state index in [1.165, 1.54) is 12.1 Å². The Morgan fingerprint density at radius 2 is 1.81 bits per heavy atom. The highest BCUT2D eigenvalue weighted by Crippen LogP contribution is 2.34. The largest absolute Gasteiger partial charge is 0.481 e. The van der Waals surface area contributed by atoms with Crippen molar-refractivity contribution in [3.8, 4) is 5.75 Å². The molecule has 0 radical (unpaired) electrons. The molecule has 5 nitrogen and oxygen atoms in total. The predicted molar refractivity (Wildman–Crippen MR) is 84.7 cm³/mol. The van der Waals surface area contributed by atoms with Gasteiger partial charge in [-0.15, -0.1) is 0 Å². The summed E-state index contributed by atoms with van der Waals surface area (Å²) < 4.78 is 6.45. The van der Waals surface area contributed by atoms with Gasteiger partial charge in [-0.1, -0.05) is 12.8 Å². The molecule has 0 atom stereocenters. The van der Waals surface area contributed by atoms with Gasteiger partial charge in [-0.25, -0.2) is 4.79 Å². The maximum atomic E-state index is 11.8. The molecule has 1 amide bonds. The molecule has 1 aliphatic rings. The van der Waals surface area contributed by atoms with Crippen LogP contribution < -0.4 is 10.1 Å². The second-order valence-electron chi connectivity index (χ2n) is 4.91. The van der Waals surface area contributed by atoms with E-state index in [9.17, 15) is 9.59 Å². The zero-order valence-corrected chi connectivity index (χ0v) is 14.4. The topological polar surface area (TPSA) is 75.6 Å². The van der Waals surface area contributed by atoms with Crippen LogP contribution in [0.4, 0.5) is 0 Å². The quantitative estimate of drug-likeness (QED) is 0.765. The summed E-state index contributed by atoms with van der Waals surface area (Å²) in [6.45, 7) is -0.0971. The molecule has 0 aliphatic heterocycles. The van der Waals surface area contributed by atoms with E-state index in [1.807, 2.05) is 0 Å². The number of aromatic carboxylic acids is 1. The van der Waals surface area contributed by atoms with Crippen LogP contribution in [0.5, 0.6) is 5.75 Å². The van der Waals surface area contributed by atoms with Gasteiger partial charge in [0.25, 0.3) is 5.91 Å². The van der Waals surface area contributed by atoms with Crippen LogP contribution in [0.2, 0.25) is 0 Å². The number of hydrogen-bond acceptors (Lipinski definition) is 3. The predicted octanol–water partition coefficient (Wildman–Crippen LogP) is 3.35. The number of halogens is 2. The fourth-order valence-corrected chi connectivity index (χ4v) is 3.71. The van der Waals surface area contributed by atoms with E-state index in [4.69, 9.17) is 9.84 Å². The Labute approximate surface area is 139 Å². The van der Waals surface area contributed by atoms with Crippen molar-refractivity contribution in [2.45, 2.75) is 31.7 Å². The van der Waals surface area contributed by atoms with Crippen LogP contribution >= 0.6 is 31.9 Å². The first-order valence-corrected chi connectivity index (χ1v) is 8.20. The van der Waals surface area contributed by atoms with Crippen molar-refractivity contribution < 1.29 is 19.4 Å².